The number of benzene rings is 2. The average molecular weight is 418 g/mol. The van der Waals surface area contributed by atoms with E-state index < -0.39 is 0 Å². The number of aromatic hydroxyl groups is 1. The smallest absolute Gasteiger partial charge is 0.251 e. The van der Waals surface area contributed by atoms with Crippen molar-refractivity contribution < 1.29 is 19.7 Å². The minimum absolute atomic E-state index is 0.0698. The summed E-state index contributed by atoms with van der Waals surface area (Å²) in [7, 11) is 1.56. The van der Waals surface area contributed by atoms with Gasteiger partial charge in [0.05, 0.1) is 30.3 Å². The number of aromatic nitrogens is 3. The minimum Gasteiger partial charge on any atom is -0.507 e. The zero-order chi connectivity index (χ0) is 22.0. The molecular formula is C23H22N4O4. The SMILES string of the molecule is COc1ncccc1-c1ccc(O)c(-c2nc3cc(C(=O)N[C@@H](C)CO)ccc3[nH]2)c1. The van der Waals surface area contributed by atoms with E-state index in [0.717, 1.165) is 16.6 Å². The molecule has 0 radical (unpaired) electrons. The van der Waals surface area contributed by atoms with Crippen molar-refractivity contribution in [2.75, 3.05) is 13.7 Å². The van der Waals surface area contributed by atoms with Gasteiger partial charge in [-0.1, -0.05) is 6.07 Å². The molecule has 8 heteroatoms. The third-order valence-electron chi connectivity index (χ3n) is 4.92. The van der Waals surface area contributed by atoms with Crippen LogP contribution in [0.4, 0.5) is 0 Å². The van der Waals surface area contributed by atoms with Crippen LogP contribution in [0.3, 0.4) is 0 Å². The number of ether oxygens (including phenoxy) is 1. The van der Waals surface area contributed by atoms with Gasteiger partial charge in [0.2, 0.25) is 5.88 Å². The second kappa shape index (κ2) is 8.45. The third-order valence-corrected chi connectivity index (χ3v) is 4.92. The fraction of sp³-hybridized carbons (Fsp3) is 0.174. The van der Waals surface area contributed by atoms with E-state index in [1.165, 1.54) is 0 Å². The largest absolute Gasteiger partial charge is 0.507 e. The zero-order valence-electron chi connectivity index (χ0n) is 17.1. The second-order valence-corrected chi connectivity index (χ2v) is 7.17. The molecule has 1 atom stereocenters. The standard InChI is InChI=1S/C23H22N4O4/c1-13(12-28)25-22(30)15-5-7-18-19(11-15)27-21(26-18)17-10-14(6-8-20(17)29)16-4-3-9-24-23(16)31-2/h3-11,13,28-29H,12H2,1-2H3,(H,25,30)(H,26,27)/t13-/m0/s1. The number of pyridine rings is 1. The highest BCUT2D eigenvalue weighted by molar-refractivity contribution is 5.98. The molecule has 4 rings (SSSR count). The number of aliphatic hydroxyl groups is 1. The maximum absolute atomic E-state index is 12.3. The molecule has 4 N–H and O–H groups in total. The molecule has 0 unspecified atom stereocenters. The van der Waals surface area contributed by atoms with Gasteiger partial charge in [0.25, 0.3) is 5.91 Å². The lowest BCUT2D eigenvalue weighted by Gasteiger charge is -2.10. The first-order valence-corrected chi connectivity index (χ1v) is 9.74. The number of aromatic amines is 1. The molecule has 2 aromatic heterocycles. The van der Waals surface area contributed by atoms with Gasteiger partial charge in [-0.05, 0) is 55.0 Å². The number of hydrogen-bond donors (Lipinski definition) is 4. The lowest BCUT2D eigenvalue weighted by atomic mass is 10.0. The quantitative estimate of drug-likeness (QED) is 0.382. The molecule has 158 valence electrons. The molecule has 4 aromatic rings. The maximum atomic E-state index is 12.3. The number of hydrogen-bond acceptors (Lipinski definition) is 6. The van der Waals surface area contributed by atoms with E-state index in [4.69, 9.17) is 9.84 Å². The Morgan fingerprint density at radius 3 is 2.81 bits per heavy atom. The number of imidazole rings is 1. The molecule has 1 amide bonds. The number of amides is 1. The highest BCUT2D eigenvalue weighted by Gasteiger charge is 2.15. The van der Waals surface area contributed by atoms with E-state index in [9.17, 15) is 9.90 Å². The van der Waals surface area contributed by atoms with Crippen LogP contribution in [0.15, 0.2) is 54.7 Å². The van der Waals surface area contributed by atoms with Crippen molar-refractivity contribution in [1.82, 2.24) is 20.3 Å². The van der Waals surface area contributed by atoms with Gasteiger partial charge in [-0.25, -0.2) is 9.97 Å². The van der Waals surface area contributed by atoms with Crippen LogP contribution in [0.1, 0.15) is 17.3 Å². The summed E-state index contributed by atoms with van der Waals surface area (Å²) in [5.41, 5.74) is 3.87. The zero-order valence-corrected chi connectivity index (χ0v) is 17.1. The highest BCUT2D eigenvalue weighted by Crippen LogP contribution is 2.35. The van der Waals surface area contributed by atoms with E-state index in [1.54, 1.807) is 50.6 Å². The van der Waals surface area contributed by atoms with Crippen molar-refractivity contribution in [2.45, 2.75) is 13.0 Å². The van der Waals surface area contributed by atoms with Gasteiger partial charge in [0, 0.05) is 23.4 Å². The van der Waals surface area contributed by atoms with Crippen molar-refractivity contribution in [1.29, 1.82) is 0 Å². The number of methoxy groups -OCH3 is 1. The summed E-state index contributed by atoms with van der Waals surface area (Å²) in [5, 5.41) is 22.3. The van der Waals surface area contributed by atoms with Gasteiger partial charge in [0.15, 0.2) is 0 Å². The van der Waals surface area contributed by atoms with E-state index in [-0.39, 0.29) is 24.3 Å². The Morgan fingerprint density at radius 2 is 2.03 bits per heavy atom. The Bertz CT molecular complexity index is 1250. The summed E-state index contributed by atoms with van der Waals surface area (Å²) in [6.45, 7) is 1.58. The monoisotopic (exact) mass is 418 g/mol. The first kappa shape index (κ1) is 20.4. The van der Waals surface area contributed by atoms with Gasteiger partial charge in [-0.2, -0.15) is 0 Å². The van der Waals surface area contributed by atoms with Crippen LogP contribution in [0, 0.1) is 0 Å². The Hall–Kier alpha value is -3.91. The molecule has 2 heterocycles. The molecule has 8 nitrogen and oxygen atoms in total. The third kappa shape index (κ3) is 4.06. The molecule has 31 heavy (non-hydrogen) atoms. The summed E-state index contributed by atoms with van der Waals surface area (Å²) in [5.74, 6) is 0.733. The number of nitrogens with one attached hydrogen (secondary N) is 2. The van der Waals surface area contributed by atoms with E-state index in [0.29, 0.717) is 28.3 Å². The number of fused-ring (bicyclic) bond motifs is 1. The topological polar surface area (TPSA) is 120 Å². The molecule has 0 aliphatic rings. The second-order valence-electron chi connectivity index (χ2n) is 7.17. The van der Waals surface area contributed by atoms with E-state index >= 15 is 0 Å². The summed E-state index contributed by atoms with van der Waals surface area (Å²) in [6.07, 6.45) is 1.65. The fourth-order valence-corrected chi connectivity index (χ4v) is 3.29. The minimum atomic E-state index is -0.345. The molecular weight excluding hydrogens is 396 g/mol. The molecule has 0 saturated heterocycles. The van der Waals surface area contributed by atoms with Crippen LogP contribution in [-0.2, 0) is 0 Å². The summed E-state index contributed by atoms with van der Waals surface area (Å²) in [4.78, 5) is 24.3. The molecule has 0 saturated carbocycles. The number of carbonyl (C=O) groups is 1. The van der Waals surface area contributed by atoms with Crippen molar-refractivity contribution in [2.24, 2.45) is 0 Å². The summed E-state index contributed by atoms with van der Waals surface area (Å²) in [6, 6.07) is 13.7. The number of phenolic OH excluding ortho intramolecular Hbond substituents is 1. The van der Waals surface area contributed by atoms with Crippen molar-refractivity contribution >= 4 is 16.9 Å². The molecule has 0 aliphatic carbocycles. The van der Waals surface area contributed by atoms with Crippen LogP contribution in [0.25, 0.3) is 33.5 Å². The first-order valence-electron chi connectivity index (χ1n) is 9.74. The molecule has 0 bridgehead atoms. The number of phenols is 1. The Morgan fingerprint density at radius 1 is 1.19 bits per heavy atom. The van der Waals surface area contributed by atoms with Crippen molar-refractivity contribution in [3.63, 3.8) is 0 Å². The van der Waals surface area contributed by atoms with E-state index in [2.05, 4.69) is 20.3 Å². The average Bonchev–Trinajstić information content (AvgIpc) is 3.22. The predicted molar refractivity (Wildman–Crippen MR) is 117 cm³/mol. The maximum Gasteiger partial charge on any atom is 0.251 e. The predicted octanol–water partition coefficient (Wildman–Crippen LogP) is 3.12. The fourth-order valence-electron chi connectivity index (χ4n) is 3.29. The Kier molecular flexibility index (Phi) is 5.55. The first-order chi connectivity index (χ1) is 15.0. The van der Waals surface area contributed by atoms with Gasteiger partial charge < -0.3 is 25.3 Å². The number of aliphatic hydroxyl groups excluding tert-OH is 1. The molecule has 0 fully saturated rings. The Balaban J connectivity index is 1.72. The van der Waals surface area contributed by atoms with Gasteiger partial charge >= 0.3 is 0 Å². The summed E-state index contributed by atoms with van der Waals surface area (Å²) < 4.78 is 5.34. The van der Waals surface area contributed by atoms with Gasteiger partial charge in [0.1, 0.15) is 11.6 Å². The number of H-pyrrole nitrogens is 1. The number of carbonyl (C=O) groups excluding carboxylic acids is 1. The van der Waals surface area contributed by atoms with Crippen LogP contribution in [-0.4, -0.2) is 50.8 Å². The van der Waals surface area contributed by atoms with Crippen LogP contribution >= 0.6 is 0 Å². The van der Waals surface area contributed by atoms with Crippen molar-refractivity contribution in [3.05, 3.63) is 60.3 Å². The van der Waals surface area contributed by atoms with Gasteiger partial charge in [-0.3, -0.25) is 4.79 Å². The van der Waals surface area contributed by atoms with Crippen LogP contribution < -0.4 is 10.1 Å². The molecule has 0 spiro atoms. The highest BCUT2D eigenvalue weighted by atomic mass is 16.5. The van der Waals surface area contributed by atoms with E-state index in [1.807, 2.05) is 18.2 Å². The number of nitrogens with zero attached hydrogens (tertiary/aromatic N) is 2. The van der Waals surface area contributed by atoms with Crippen LogP contribution in [0.2, 0.25) is 0 Å². The lowest BCUT2D eigenvalue weighted by molar-refractivity contribution is 0.0922. The molecule has 2 aromatic carbocycles. The normalized spacial score (nSPS) is 12.0. The number of rotatable bonds is 6. The summed E-state index contributed by atoms with van der Waals surface area (Å²) >= 11 is 0. The van der Waals surface area contributed by atoms with Crippen molar-refractivity contribution in [3.8, 4) is 34.1 Å². The molecule has 0 aliphatic heterocycles. The lowest BCUT2D eigenvalue weighted by Crippen LogP contribution is -2.34. The van der Waals surface area contributed by atoms with Gasteiger partial charge in [-0.15, -0.1) is 0 Å². The Labute approximate surface area is 178 Å². The van der Waals surface area contributed by atoms with Crippen LogP contribution in [0.5, 0.6) is 11.6 Å².